The Balaban J connectivity index is 1.74. The number of rotatable bonds is 4. The van der Waals surface area contributed by atoms with Gasteiger partial charge in [0.25, 0.3) is 0 Å². The van der Waals surface area contributed by atoms with E-state index in [2.05, 4.69) is 9.97 Å². The zero-order chi connectivity index (χ0) is 14.7. The van der Waals surface area contributed by atoms with E-state index in [1.165, 1.54) is 6.33 Å². The molecule has 1 aliphatic carbocycles. The summed E-state index contributed by atoms with van der Waals surface area (Å²) < 4.78 is 11.1. The number of benzene rings is 1. The van der Waals surface area contributed by atoms with E-state index in [1.54, 1.807) is 7.11 Å². The molecule has 112 valence electrons. The first-order valence-corrected chi connectivity index (χ1v) is 7.36. The first-order chi connectivity index (χ1) is 10.3. The van der Waals surface area contributed by atoms with Gasteiger partial charge in [0.15, 0.2) is 0 Å². The van der Waals surface area contributed by atoms with E-state index in [0.717, 1.165) is 42.3 Å². The highest BCUT2D eigenvalue weighted by Crippen LogP contribution is 2.28. The summed E-state index contributed by atoms with van der Waals surface area (Å²) in [6, 6.07) is 5.68. The molecule has 0 atom stereocenters. The molecule has 0 bridgehead atoms. The Morgan fingerprint density at radius 3 is 2.76 bits per heavy atom. The first kappa shape index (κ1) is 14.1. The molecular weight excluding hydrogens is 268 g/mol. The minimum Gasteiger partial charge on any atom is -0.497 e. The van der Waals surface area contributed by atoms with Crippen molar-refractivity contribution in [2.45, 2.75) is 31.8 Å². The number of nitrogens with zero attached hydrogens (tertiary/aromatic N) is 2. The van der Waals surface area contributed by atoms with Crippen molar-refractivity contribution in [3.05, 3.63) is 24.5 Å². The molecule has 21 heavy (non-hydrogen) atoms. The second-order valence-electron chi connectivity index (χ2n) is 5.55. The summed E-state index contributed by atoms with van der Waals surface area (Å²) in [6.45, 7) is 0.635. The summed E-state index contributed by atoms with van der Waals surface area (Å²) in [5.41, 5.74) is 0.847. The fraction of sp³-hybridized carbons (Fsp3) is 0.500. The second kappa shape index (κ2) is 6.26. The largest absolute Gasteiger partial charge is 0.497 e. The van der Waals surface area contributed by atoms with Crippen LogP contribution < -0.4 is 9.47 Å². The third kappa shape index (κ3) is 3.24. The number of hydrogen-bond acceptors (Lipinski definition) is 5. The Labute approximate surface area is 123 Å². The van der Waals surface area contributed by atoms with Crippen LogP contribution in [0.5, 0.6) is 11.6 Å². The number of methoxy groups -OCH3 is 1. The van der Waals surface area contributed by atoms with Gasteiger partial charge in [0, 0.05) is 0 Å². The minimum absolute atomic E-state index is 0.134. The molecule has 0 spiro atoms. The standard InChI is InChI=1S/C16H20N2O3/c1-20-13-6-7-15-14(8-13)16(18-10-17-15)21-9-11-2-4-12(19)5-3-11/h6-8,10-12,19H,2-5,9H2,1H3. The van der Waals surface area contributed by atoms with Crippen LogP contribution in [0.25, 0.3) is 10.9 Å². The molecule has 0 amide bonds. The van der Waals surface area contributed by atoms with E-state index >= 15 is 0 Å². The number of hydrogen-bond donors (Lipinski definition) is 1. The topological polar surface area (TPSA) is 64.5 Å². The predicted octanol–water partition coefficient (Wildman–Crippen LogP) is 2.57. The van der Waals surface area contributed by atoms with Crippen molar-refractivity contribution in [3.63, 3.8) is 0 Å². The van der Waals surface area contributed by atoms with Crippen LogP contribution in [0.3, 0.4) is 0 Å². The Hall–Kier alpha value is -1.88. The maximum atomic E-state index is 9.54. The van der Waals surface area contributed by atoms with Gasteiger partial charge in [-0.05, 0) is 49.8 Å². The molecule has 1 aliphatic rings. The van der Waals surface area contributed by atoms with Crippen molar-refractivity contribution in [2.24, 2.45) is 5.92 Å². The fourth-order valence-electron chi connectivity index (χ4n) is 2.76. The van der Waals surface area contributed by atoms with E-state index in [-0.39, 0.29) is 6.10 Å². The lowest BCUT2D eigenvalue weighted by Crippen LogP contribution is -2.22. The molecule has 1 fully saturated rings. The van der Waals surface area contributed by atoms with Crippen molar-refractivity contribution >= 4 is 10.9 Å². The molecule has 1 saturated carbocycles. The van der Waals surface area contributed by atoms with Gasteiger partial charge >= 0.3 is 0 Å². The number of fused-ring (bicyclic) bond motifs is 1. The van der Waals surface area contributed by atoms with Crippen molar-refractivity contribution < 1.29 is 14.6 Å². The summed E-state index contributed by atoms with van der Waals surface area (Å²) in [4.78, 5) is 8.49. The first-order valence-electron chi connectivity index (χ1n) is 7.36. The fourth-order valence-corrected chi connectivity index (χ4v) is 2.76. The third-order valence-electron chi connectivity index (χ3n) is 4.08. The summed E-state index contributed by atoms with van der Waals surface area (Å²) in [5, 5.41) is 10.4. The Morgan fingerprint density at radius 1 is 1.19 bits per heavy atom. The van der Waals surface area contributed by atoms with Crippen LogP contribution in [0, 0.1) is 5.92 Å². The molecular formula is C16H20N2O3. The van der Waals surface area contributed by atoms with Gasteiger partial charge in [-0.15, -0.1) is 0 Å². The van der Waals surface area contributed by atoms with Gasteiger partial charge in [0.1, 0.15) is 12.1 Å². The van der Waals surface area contributed by atoms with Gasteiger partial charge in [-0.25, -0.2) is 9.97 Å². The normalized spacial score (nSPS) is 22.2. The van der Waals surface area contributed by atoms with Crippen LogP contribution in [0.1, 0.15) is 25.7 Å². The highest BCUT2D eigenvalue weighted by molar-refractivity contribution is 5.84. The molecule has 0 radical (unpaired) electrons. The number of aliphatic hydroxyl groups is 1. The van der Waals surface area contributed by atoms with Gasteiger partial charge in [-0.3, -0.25) is 0 Å². The van der Waals surface area contributed by atoms with Gasteiger partial charge in [-0.1, -0.05) is 0 Å². The molecule has 5 heteroatoms. The van der Waals surface area contributed by atoms with E-state index in [0.29, 0.717) is 18.4 Å². The highest BCUT2D eigenvalue weighted by atomic mass is 16.5. The third-order valence-corrected chi connectivity index (χ3v) is 4.08. The Morgan fingerprint density at radius 2 is 2.00 bits per heavy atom. The summed E-state index contributed by atoms with van der Waals surface area (Å²) in [7, 11) is 1.64. The van der Waals surface area contributed by atoms with Crippen LogP contribution >= 0.6 is 0 Å². The molecule has 0 saturated heterocycles. The van der Waals surface area contributed by atoms with Crippen LogP contribution in [0.4, 0.5) is 0 Å². The van der Waals surface area contributed by atoms with Gasteiger partial charge in [0.05, 0.1) is 30.7 Å². The maximum Gasteiger partial charge on any atom is 0.224 e. The lowest BCUT2D eigenvalue weighted by Gasteiger charge is -2.25. The summed E-state index contributed by atoms with van der Waals surface area (Å²) >= 11 is 0. The lowest BCUT2D eigenvalue weighted by atomic mass is 9.88. The van der Waals surface area contributed by atoms with E-state index in [1.807, 2.05) is 18.2 Å². The maximum absolute atomic E-state index is 9.54. The SMILES string of the molecule is COc1ccc2ncnc(OCC3CCC(O)CC3)c2c1. The van der Waals surface area contributed by atoms with Crippen molar-refractivity contribution in [3.8, 4) is 11.6 Å². The van der Waals surface area contributed by atoms with E-state index in [4.69, 9.17) is 9.47 Å². The van der Waals surface area contributed by atoms with E-state index < -0.39 is 0 Å². The Bertz CT molecular complexity index is 609. The number of aromatic nitrogens is 2. The number of aliphatic hydroxyl groups excluding tert-OH is 1. The van der Waals surface area contributed by atoms with Gasteiger partial charge in [-0.2, -0.15) is 0 Å². The molecule has 2 aromatic rings. The average molecular weight is 288 g/mol. The van der Waals surface area contributed by atoms with Crippen LogP contribution in [-0.2, 0) is 0 Å². The molecule has 0 unspecified atom stereocenters. The molecule has 1 aromatic heterocycles. The summed E-state index contributed by atoms with van der Waals surface area (Å²) in [5.74, 6) is 1.86. The minimum atomic E-state index is -0.134. The molecule has 1 aromatic carbocycles. The van der Waals surface area contributed by atoms with Gasteiger partial charge < -0.3 is 14.6 Å². The molecule has 1 heterocycles. The highest BCUT2D eigenvalue weighted by Gasteiger charge is 2.20. The predicted molar refractivity (Wildman–Crippen MR) is 79.5 cm³/mol. The summed E-state index contributed by atoms with van der Waals surface area (Å²) in [6.07, 6.45) is 5.14. The van der Waals surface area contributed by atoms with Crippen LogP contribution in [0.15, 0.2) is 24.5 Å². The smallest absolute Gasteiger partial charge is 0.224 e. The molecule has 5 nitrogen and oxygen atoms in total. The van der Waals surface area contributed by atoms with Gasteiger partial charge in [0.2, 0.25) is 5.88 Å². The molecule has 1 N–H and O–H groups in total. The monoisotopic (exact) mass is 288 g/mol. The Kier molecular flexibility index (Phi) is 4.20. The zero-order valence-electron chi connectivity index (χ0n) is 12.2. The van der Waals surface area contributed by atoms with Crippen molar-refractivity contribution in [1.82, 2.24) is 9.97 Å². The zero-order valence-corrected chi connectivity index (χ0v) is 12.2. The van der Waals surface area contributed by atoms with Crippen molar-refractivity contribution in [1.29, 1.82) is 0 Å². The van der Waals surface area contributed by atoms with E-state index in [9.17, 15) is 5.11 Å². The van der Waals surface area contributed by atoms with Crippen molar-refractivity contribution in [2.75, 3.05) is 13.7 Å². The van der Waals surface area contributed by atoms with Crippen LogP contribution in [-0.4, -0.2) is 34.9 Å². The second-order valence-corrected chi connectivity index (χ2v) is 5.55. The lowest BCUT2D eigenvalue weighted by molar-refractivity contribution is 0.0911. The quantitative estimate of drug-likeness (QED) is 0.936. The molecule has 0 aliphatic heterocycles. The molecule has 3 rings (SSSR count). The van der Waals surface area contributed by atoms with Crippen LogP contribution in [0.2, 0.25) is 0 Å². The number of ether oxygens (including phenoxy) is 2. The average Bonchev–Trinajstić information content (AvgIpc) is 2.54.